The molecule has 0 saturated carbocycles. The Kier molecular flexibility index (Phi) is 3.98. The molecule has 2 aromatic carbocycles. The highest BCUT2D eigenvalue weighted by molar-refractivity contribution is 5.76. The monoisotopic (exact) mass is 300 g/mol. The molecule has 0 unspecified atom stereocenters. The summed E-state index contributed by atoms with van der Waals surface area (Å²) in [7, 11) is 1.57. The average molecular weight is 300 g/mol. The lowest BCUT2D eigenvalue weighted by Crippen LogP contribution is -2.05. The Morgan fingerprint density at radius 2 is 1.95 bits per heavy atom. The van der Waals surface area contributed by atoms with E-state index in [4.69, 9.17) is 19.3 Å². The van der Waals surface area contributed by atoms with Crippen molar-refractivity contribution in [1.82, 2.24) is 0 Å². The molecule has 0 amide bonds. The van der Waals surface area contributed by atoms with Crippen LogP contribution in [0.4, 0.5) is 0 Å². The number of carbonyl (C=O) groups is 1. The Labute approximate surface area is 128 Å². The number of carboxylic acids is 1. The molecule has 1 aliphatic heterocycles. The smallest absolute Gasteiger partial charge is 0.335 e. The van der Waals surface area contributed by atoms with Crippen LogP contribution in [0.2, 0.25) is 0 Å². The summed E-state index contributed by atoms with van der Waals surface area (Å²) in [6.07, 6.45) is -1.18. The molecular formula is C17H16O5. The minimum Gasteiger partial charge on any atom is -0.493 e. The van der Waals surface area contributed by atoms with E-state index in [9.17, 15) is 4.79 Å². The third-order valence-electron chi connectivity index (χ3n) is 3.49. The molecule has 3 rings (SSSR count). The van der Waals surface area contributed by atoms with Crippen LogP contribution >= 0.6 is 0 Å². The van der Waals surface area contributed by atoms with Gasteiger partial charge in [0.15, 0.2) is 17.6 Å². The molecule has 0 aromatic heterocycles. The van der Waals surface area contributed by atoms with Gasteiger partial charge >= 0.3 is 5.97 Å². The quantitative estimate of drug-likeness (QED) is 0.831. The summed E-state index contributed by atoms with van der Waals surface area (Å²) in [4.78, 5) is 10.9. The van der Waals surface area contributed by atoms with Crippen LogP contribution in [0.25, 0.3) is 0 Å². The van der Waals surface area contributed by atoms with Gasteiger partial charge in [-0.15, -0.1) is 0 Å². The van der Waals surface area contributed by atoms with Crippen LogP contribution in [0.1, 0.15) is 17.2 Å². The van der Waals surface area contributed by atoms with Crippen molar-refractivity contribution in [2.45, 2.75) is 18.8 Å². The molecule has 114 valence electrons. The fraction of sp³-hybridized carbons (Fsp3) is 0.235. The van der Waals surface area contributed by atoms with E-state index in [0.29, 0.717) is 18.1 Å². The summed E-state index contributed by atoms with van der Waals surface area (Å²) < 4.78 is 16.2. The Morgan fingerprint density at radius 3 is 2.59 bits per heavy atom. The summed E-state index contributed by atoms with van der Waals surface area (Å²) >= 11 is 0. The average Bonchev–Trinajstić information content (AvgIpc) is 3.34. The Hall–Kier alpha value is -2.53. The molecule has 1 fully saturated rings. The highest BCUT2D eigenvalue weighted by Crippen LogP contribution is 2.42. The molecule has 1 saturated heterocycles. The van der Waals surface area contributed by atoms with Crippen LogP contribution < -0.4 is 9.47 Å². The second-order valence-corrected chi connectivity index (χ2v) is 5.00. The molecule has 2 aromatic rings. The lowest BCUT2D eigenvalue weighted by molar-refractivity contribution is -0.138. The van der Waals surface area contributed by atoms with Gasteiger partial charge in [-0.25, -0.2) is 4.79 Å². The molecule has 1 aliphatic rings. The normalized spacial score (nSPS) is 19.5. The Morgan fingerprint density at radius 1 is 1.18 bits per heavy atom. The minimum absolute atomic E-state index is 0.411. The summed E-state index contributed by atoms with van der Waals surface area (Å²) in [5, 5.41) is 8.93. The highest BCUT2D eigenvalue weighted by Gasteiger charge is 2.46. The molecule has 1 N–H and O–H groups in total. The zero-order valence-electron chi connectivity index (χ0n) is 12.1. The molecular weight excluding hydrogens is 284 g/mol. The maximum absolute atomic E-state index is 10.9. The lowest BCUT2D eigenvalue weighted by Gasteiger charge is -2.12. The SMILES string of the molecule is COc1ccc([C@@H]2O[C@H]2C(=O)O)cc1OCc1ccccc1. The summed E-state index contributed by atoms with van der Waals surface area (Å²) in [5.74, 6) is 0.225. The number of hydrogen-bond acceptors (Lipinski definition) is 4. The molecule has 2 atom stereocenters. The van der Waals surface area contributed by atoms with Crippen molar-refractivity contribution < 1.29 is 24.1 Å². The summed E-state index contributed by atoms with van der Waals surface area (Å²) in [6.45, 7) is 0.411. The molecule has 0 radical (unpaired) electrons. The first-order valence-electron chi connectivity index (χ1n) is 6.92. The molecule has 5 heteroatoms. The fourth-order valence-electron chi connectivity index (χ4n) is 2.27. The fourth-order valence-corrected chi connectivity index (χ4v) is 2.27. The van der Waals surface area contributed by atoms with E-state index in [1.807, 2.05) is 30.3 Å². The number of benzene rings is 2. The van der Waals surface area contributed by atoms with E-state index < -0.39 is 18.2 Å². The van der Waals surface area contributed by atoms with Crippen LogP contribution in [0.5, 0.6) is 11.5 Å². The first-order valence-corrected chi connectivity index (χ1v) is 6.92. The van der Waals surface area contributed by atoms with Crippen molar-refractivity contribution in [2.75, 3.05) is 7.11 Å². The second-order valence-electron chi connectivity index (χ2n) is 5.00. The maximum atomic E-state index is 10.9. The van der Waals surface area contributed by atoms with Crippen molar-refractivity contribution in [2.24, 2.45) is 0 Å². The van der Waals surface area contributed by atoms with Gasteiger partial charge in [0.05, 0.1) is 7.11 Å². The van der Waals surface area contributed by atoms with Gasteiger partial charge in [0.1, 0.15) is 12.7 Å². The molecule has 22 heavy (non-hydrogen) atoms. The van der Waals surface area contributed by atoms with Crippen LogP contribution in [0, 0.1) is 0 Å². The first kappa shape index (κ1) is 14.4. The van der Waals surface area contributed by atoms with Gasteiger partial charge in [-0.05, 0) is 23.3 Å². The maximum Gasteiger partial charge on any atom is 0.335 e. The lowest BCUT2D eigenvalue weighted by atomic mass is 10.1. The van der Waals surface area contributed by atoms with Gasteiger partial charge in [-0.3, -0.25) is 0 Å². The van der Waals surface area contributed by atoms with Gasteiger partial charge in [0, 0.05) is 0 Å². The van der Waals surface area contributed by atoms with Crippen LogP contribution in [-0.2, 0) is 16.1 Å². The van der Waals surface area contributed by atoms with Gasteiger partial charge < -0.3 is 19.3 Å². The number of carboxylic acid groups (broad SMARTS) is 1. The number of ether oxygens (including phenoxy) is 3. The Bertz CT molecular complexity index is 668. The van der Waals surface area contributed by atoms with Crippen molar-refractivity contribution in [1.29, 1.82) is 0 Å². The zero-order chi connectivity index (χ0) is 15.5. The predicted octanol–water partition coefficient (Wildman–Crippen LogP) is 2.80. The minimum atomic E-state index is -0.951. The van der Waals surface area contributed by atoms with Gasteiger partial charge in [-0.1, -0.05) is 36.4 Å². The largest absolute Gasteiger partial charge is 0.493 e. The second kappa shape index (κ2) is 6.07. The highest BCUT2D eigenvalue weighted by atomic mass is 16.6. The third kappa shape index (κ3) is 3.04. The first-order chi connectivity index (χ1) is 10.7. The van der Waals surface area contributed by atoms with E-state index in [1.165, 1.54) is 0 Å². The predicted molar refractivity (Wildman–Crippen MR) is 79.0 cm³/mol. The third-order valence-corrected chi connectivity index (χ3v) is 3.49. The van der Waals surface area contributed by atoms with Crippen molar-refractivity contribution in [3.63, 3.8) is 0 Å². The van der Waals surface area contributed by atoms with Crippen LogP contribution in [0.15, 0.2) is 48.5 Å². The van der Waals surface area contributed by atoms with Crippen molar-refractivity contribution in [3.05, 3.63) is 59.7 Å². The van der Waals surface area contributed by atoms with Gasteiger partial charge in [-0.2, -0.15) is 0 Å². The molecule has 0 bridgehead atoms. The zero-order valence-corrected chi connectivity index (χ0v) is 12.1. The topological polar surface area (TPSA) is 68.3 Å². The van der Waals surface area contributed by atoms with Crippen LogP contribution in [-0.4, -0.2) is 24.3 Å². The molecule has 1 heterocycles. The van der Waals surface area contributed by atoms with E-state index >= 15 is 0 Å². The number of methoxy groups -OCH3 is 1. The van der Waals surface area contributed by atoms with E-state index in [0.717, 1.165) is 11.1 Å². The van der Waals surface area contributed by atoms with E-state index in [1.54, 1.807) is 25.3 Å². The Balaban J connectivity index is 1.75. The van der Waals surface area contributed by atoms with Crippen molar-refractivity contribution in [3.8, 4) is 11.5 Å². The van der Waals surface area contributed by atoms with Gasteiger partial charge in [0.2, 0.25) is 0 Å². The molecule has 0 spiro atoms. The number of epoxide rings is 1. The summed E-state index contributed by atoms with van der Waals surface area (Å²) in [5.41, 5.74) is 1.82. The van der Waals surface area contributed by atoms with Crippen LogP contribution in [0.3, 0.4) is 0 Å². The number of rotatable bonds is 6. The van der Waals surface area contributed by atoms with E-state index in [-0.39, 0.29) is 0 Å². The number of aliphatic carboxylic acids is 1. The molecule has 0 aliphatic carbocycles. The molecule has 5 nitrogen and oxygen atoms in total. The van der Waals surface area contributed by atoms with Gasteiger partial charge in [0.25, 0.3) is 0 Å². The van der Waals surface area contributed by atoms with Crippen molar-refractivity contribution >= 4 is 5.97 Å². The van der Waals surface area contributed by atoms with E-state index in [2.05, 4.69) is 0 Å². The summed E-state index contributed by atoms with van der Waals surface area (Å²) in [6, 6.07) is 15.1. The number of hydrogen-bond donors (Lipinski definition) is 1. The standard InChI is InChI=1S/C17H16O5/c1-20-13-8-7-12(15-16(22-15)17(18)19)9-14(13)21-10-11-5-3-2-4-6-11/h2-9,15-16H,10H2,1H3,(H,18,19)/t15-,16+/m0/s1.